The van der Waals surface area contributed by atoms with Crippen molar-refractivity contribution in [3.8, 4) is 0 Å². The molecule has 0 amide bonds. The van der Waals surface area contributed by atoms with Gasteiger partial charge in [0.25, 0.3) is 10.0 Å². The lowest BCUT2D eigenvalue weighted by molar-refractivity contribution is 0.345. The smallest absolute Gasteiger partial charge is 0.260 e. The Hall–Kier alpha value is -1.67. The van der Waals surface area contributed by atoms with Crippen LogP contribution in [0.25, 0.3) is 0 Å². The molecule has 1 aliphatic heterocycles. The molecule has 1 saturated heterocycles. The summed E-state index contributed by atoms with van der Waals surface area (Å²) in [5.74, 6) is 0.121. The van der Waals surface area contributed by atoms with Crippen LogP contribution in [-0.2, 0) is 17.1 Å². The molecule has 0 bridgehead atoms. The quantitative estimate of drug-likeness (QED) is 0.815. The van der Waals surface area contributed by atoms with Crippen molar-refractivity contribution in [2.75, 3.05) is 13.1 Å². The van der Waals surface area contributed by atoms with Crippen LogP contribution in [0.1, 0.15) is 51.6 Å². The highest BCUT2D eigenvalue weighted by atomic mass is 32.2. The Morgan fingerprint density at radius 1 is 1.36 bits per heavy atom. The Labute approximate surface area is 149 Å². The lowest BCUT2D eigenvalue weighted by Gasteiger charge is -2.24. The van der Waals surface area contributed by atoms with Crippen LogP contribution in [0.3, 0.4) is 0 Å². The highest BCUT2D eigenvalue weighted by molar-refractivity contribution is 7.89. The molecule has 2 aromatic rings. The first-order chi connectivity index (χ1) is 11.7. The molecule has 1 aliphatic rings. The molecule has 0 spiro atoms. The third-order valence-electron chi connectivity index (χ3n) is 5.29. The summed E-state index contributed by atoms with van der Waals surface area (Å²) in [5, 5.41) is 8.77. The molecule has 0 aliphatic carbocycles. The van der Waals surface area contributed by atoms with Crippen LogP contribution >= 0.6 is 0 Å². The van der Waals surface area contributed by atoms with E-state index < -0.39 is 10.0 Å². The van der Waals surface area contributed by atoms with E-state index in [1.54, 1.807) is 25.9 Å². The average molecular weight is 366 g/mol. The SMILES string of the molecule is CCC(C)n1nccc1S(=O)(=O)N1CC(c2cnn(C)c2)C(C)(C)C1. The molecule has 0 saturated carbocycles. The monoisotopic (exact) mass is 365 g/mol. The normalized spacial score (nSPS) is 22.4. The summed E-state index contributed by atoms with van der Waals surface area (Å²) in [7, 11) is -1.70. The summed E-state index contributed by atoms with van der Waals surface area (Å²) in [4.78, 5) is 0. The highest BCUT2D eigenvalue weighted by Gasteiger charge is 2.46. The Morgan fingerprint density at radius 3 is 2.68 bits per heavy atom. The molecule has 7 nitrogen and oxygen atoms in total. The fourth-order valence-electron chi connectivity index (χ4n) is 3.58. The van der Waals surface area contributed by atoms with Crippen molar-refractivity contribution in [2.45, 2.75) is 51.1 Å². The molecule has 138 valence electrons. The molecule has 2 aromatic heterocycles. The third-order valence-corrected chi connectivity index (χ3v) is 7.10. The topological polar surface area (TPSA) is 73.0 Å². The van der Waals surface area contributed by atoms with E-state index in [1.807, 2.05) is 33.3 Å². The minimum Gasteiger partial charge on any atom is -0.276 e. The first kappa shape index (κ1) is 18.1. The van der Waals surface area contributed by atoms with Crippen LogP contribution in [0.5, 0.6) is 0 Å². The molecule has 0 N–H and O–H groups in total. The largest absolute Gasteiger partial charge is 0.276 e. The Kier molecular flexibility index (Phi) is 4.53. The molecule has 3 heterocycles. The van der Waals surface area contributed by atoms with Gasteiger partial charge in [-0.25, -0.2) is 8.42 Å². The first-order valence-electron chi connectivity index (χ1n) is 8.69. The number of aromatic nitrogens is 4. The van der Waals surface area contributed by atoms with E-state index in [9.17, 15) is 8.42 Å². The van der Waals surface area contributed by atoms with Crippen molar-refractivity contribution in [3.63, 3.8) is 0 Å². The summed E-state index contributed by atoms with van der Waals surface area (Å²) in [6.07, 6.45) is 6.21. The van der Waals surface area contributed by atoms with Gasteiger partial charge < -0.3 is 0 Å². The molecular weight excluding hydrogens is 338 g/mol. The maximum atomic E-state index is 13.3. The van der Waals surface area contributed by atoms with Gasteiger partial charge in [-0.3, -0.25) is 9.36 Å². The van der Waals surface area contributed by atoms with Gasteiger partial charge in [-0.1, -0.05) is 20.8 Å². The molecule has 2 unspecified atom stereocenters. The molecule has 0 radical (unpaired) electrons. The van der Waals surface area contributed by atoms with E-state index in [1.165, 1.54) is 0 Å². The van der Waals surface area contributed by atoms with E-state index in [0.29, 0.717) is 13.1 Å². The summed E-state index contributed by atoms with van der Waals surface area (Å²) in [6, 6.07) is 1.65. The van der Waals surface area contributed by atoms with Crippen molar-refractivity contribution in [1.82, 2.24) is 23.9 Å². The predicted octanol–water partition coefficient (Wildman–Crippen LogP) is 2.40. The van der Waals surface area contributed by atoms with Gasteiger partial charge in [0, 0.05) is 32.3 Å². The number of aryl methyl sites for hydroxylation is 1. The van der Waals surface area contributed by atoms with Crippen LogP contribution in [0, 0.1) is 5.41 Å². The zero-order valence-electron chi connectivity index (χ0n) is 15.5. The van der Waals surface area contributed by atoms with Crippen LogP contribution in [0.2, 0.25) is 0 Å². The minimum atomic E-state index is -3.58. The van der Waals surface area contributed by atoms with Gasteiger partial charge in [-0.05, 0) is 30.4 Å². The highest BCUT2D eigenvalue weighted by Crippen LogP contribution is 2.44. The Morgan fingerprint density at radius 2 is 2.08 bits per heavy atom. The molecular formula is C17H27N5O2S. The molecule has 1 fully saturated rings. The maximum Gasteiger partial charge on any atom is 0.260 e. The second-order valence-electron chi connectivity index (χ2n) is 7.66. The molecule has 2 atom stereocenters. The Balaban J connectivity index is 1.93. The number of nitrogens with zero attached hydrogens (tertiary/aromatic N) is 5. The van der Waals surface area contributed by atoms with Gasteiger partial charge in [-0.2, -0.15) is 14.5 Å². The van der Waals surface area contributed by atoms with Crippen LogP contribution < -0.4 is 0 Å². The molecule has 0 aromatic carbocycles. The maximum absolute atomic E-state index is 13.3. The van der Waals surface area contributed by atoms with E-state index >= 15 is 0 Å². The zero-order valence-corrected chi connectivity index (χ0v) is 16.4. The summed E-state index contributed by atoms with van der Waals surface area (Å²) >= 11 is 0. The summed E-state index contributed by atoms with van der Waals surface area (Å²) < 4.78 is 31.5. The molecule has 25 heavy (non-hydrogen) atoms. The van der Waals surface area contributed by atoms with Gasteiger partial charge in [0.05, 0.1) is 18.4 Å². The predicted molar refractivity (Wildman–Crippen MR) is 95.7 cm³/mol. The van der Waals surface area contributed by atoms with Gasteiger partial charge in [0.2, 0.25) is 0 Å². The number of hydrogen-bond donors (Lipinski definition) is 0. The molecule has 3 rings (SSSR count). The van der Waals surface area contributed by atoms with Crippen molar-refractivity contribution in [2.24, 2.45) is 12.5 Å². The second-order valence-corrected chi connectivity index (χ2v) is 9.54. The van der Waals surface area contributed by atoms with Gasteiger partial charge in [0.15, 0.2) is 5.03 Å². The number of hydrogen-bond acceptors (Lipinski definition) is 4. The average Bonchev–Trinajstić information content (AvgIpc) is 3.24. The molecule has 8 heteroatoms. The van der Waals surface area contributed by atoms with Crippen LogP contribution in [0.4, 0.5) is 0 Å². The summed E-state index contributed by atoms with van der Waals surface area (Å²) in [6.45, 7) is 9.20. The summed E-state index contributed by atoms with van der Waals surface area (Å²) in [5.41, 5.74) is 0.928. The standard InChI is InChI=1S/C17H27N5O2S/c1-6-13(2)22-16(7-8-18-22)25(23,24)21-11-15(17(3,4)12-21)14-9-19-20(5)10-14/h7-10,13,15H,6,11-12H2,1-5H3. The van der Waals surface area contributed by atoms with E-state index in [2.05, 4.69) is 24.0 Å². The van der Waals surface area contributed by atoms with E-state index in [-0.39, 0.29) is 22.4 Å². The second kappa shape index (κ2) is 6.25. The van der Waals surface area contributed by atoms with Crippen molar-refractivity contribution < 1.29 is 8.42 Å². The van der Waals surface area contributed by atoms with Gasteiger partial charge in [-0.15, -0.1) is 0 Å². The lowest BCUT2D eigenvalue weighted by atomic mass is 9.79. The lowest BCUT2D eigenvalue weighted by Crippen LogP contribution is -2.32. The first-order valence-corrected chi connectivity index (χ1v) is 10.1. The zero-order chi connectivity index (χ0) is 18.4. The van der Waals surface area contributed by atoms with Gasteiger partial charge >= 0.3 is 0 Å². The van der Waals surface area contributed by atoms with Crippen molar-refractivity contribution >= 4 is 10.0 Å². The van der Waals surface area contributed by atoms with Gasteiger partial charge in [0.1, 0.15) is 0 Å². The minimum absolute atomic E-state index is 0.0458. The third kappa shape index (κ3) is 3.13. The van der Waals surface area contributed by atoms with Crippen molar-refractivity contribution in [3.05, 3.63) is 30.2 Å². The van der Waals surface area contributed by atoms with Crippen LogP contribution in [-0.4, -0.2) is 45.4 Å². The fourth-order valence-corrected chi connectivity index (χ4v) is 5.39. The van der Waals surface area contributed by atoms with Crippen LogP contribution in [0.15, 0.2) is 29.7 Å². The Bertz CT molecular complexity index is 852. The van der Waals surface area contributed by atoms with E-state index in [0.717, 1.165) is 12.0 Å². The number of rotatable bonds is 5. The number of sulfonamides is 1. The van der Waals surface area contributed by atoms with Crippen molar-refractivity contribution in [1.29, 1.82) is 0 Å². The van der Waals surface area contributed by atoms with E-state index in [4.69, 9.17) is 0 Å². The fraction of sp³-hybridized carbons (Fsp3) is 0.647.